The van der Waals surface area contributed by atoms with Gasteiger partial charge in [-0.2, -0.15) is 0 Å². The number of phenolic OH excluding ortho intramolecular Hbond substituents is 1. The number of carbonyl (C=O) groups excluding carboxylic acids is 1. The summed E-state index contributed by atoms with van der Waals surface area (Å²) in [7, 11) is 0. The fourth-order valence-corrected chi connectivity index (χ4v) is 4.19. The van der Waals surface area contributed by atoms with E-state index >= 15 is 0 Å². The second-order valence-corrected chi connectivity index (χ2v) is 7.70. The minimum Gasteiger partial charge on any atom is -0.508 e. The first-order valence-corrected chi connectivity index (χ1v) is 10.4. The molecule has 0 bridgehead atoms. The van der Waals surface area contributed by atoms with Crippen molar-refractivity contribution in [2.24, 2.45) is 0 Å². The molecule has 1 fully saturated rings. The van der Waals surface area contributed by atoms with Crippen molar-refractivity contribution in [1.82, 2.24) is 19.7 Å². The predicted molar refractivity (Wildman–Crippen MR) is 110 cm³/mol. The van der Waals surface area contributed by atoms with Crippen molar-refractivity contribution in [2.45, 2.75) is 24.4 Å². The molecule has 1 amide bonds. The summed E-state index contributed by atoms with van der Waals surface area (Å²) >= 11 is 1.41. The molecule has 7 heteroatoms. The number of thioether (sulfide) groups is 1. The van der Waals surface area contributed by atoms with Gasteiger partial charge in [-0.1, -0.05) is 30.0 Å². The normalized spacial score (nSPS) is 14.2. The molecule has 1 aliphatic heterocycles. The van der Waals surface area contributed by atoms with Crippen LogP contribution in [0.2, 0.25) is 0 Å². The van der Waals surface area contributed by atoms with E-state index in [9.17, 15) is 9.90 Å². The molecule has 6 nitrogen and oxygen atoms in total. The molecule has 0 saturated carbocycles. The van der Waals surface area contributed by atoms with Crippen LogP contribution in [0.4, 0.5) is 0 Å². The summed E-state index contributed by atoms with van der Waals surface area (Å²) in [6, 6.07) is 16.7. The molecule has 1 aromatic heterocycles. The van der Waals surface area contributed by atoms with Gasteiger partial charge in [-0.25, -0.2) is 0 Å². The highest BCUT2D eigenvalue weighted by Crippen LogP contribution is 2.29. The van der Waals surface area contributed by atoms with E-state index in [2.05, 4.69) is 10.2 Å². The topological polar surface area (TPSA) is 71.2 Å². The highest BCUT2D eigenvalue weighted by atomic mass is 32.2. The van der Waals surface area contributed by atoms with Gasteiger partial charge in [-0.3, -0.25) is 9.36 Å². The maximum atomic E-state index is 12.6. The Morgan fingerprint density at radius 3 is 2.39 bits per heavy atom. The second-order valence-electron chi connectivity index (χ2n) is 6.75. The maximum absolute atomic E-state index is 12.6. The highest BCUT2D eigenvalue weighted by molar-refractivity contribution is 7.99. The van der Waals surface area contributed by atoms with Gasteiger partial charge in [0.25, 0.3) is 0 Å². The largest absolute Gasteiger partial charge is 0.508 e. The lowest BCUT2D eigenvalue weighted by Crippen LogP contribution is -2.36. The summed E-state index contributed by atoms with van der Waals surface area (Å²) in [5.41, 5.74) is 1.78. The van der Waals surface area contributed by atoms with Crippen LogP contribution in [0.25, 0.3) is 17.1 Å². The number of rotatable bonds is 5. The number of carbonyl (C=O) groups is 1. The molecule has 0 spiro atoms. The Morgan fingerprint density at radius 2 is 1.68 bits per heavy atom. The zero-order valence-electron chi connectivity index (χ0n) is 15.5. The Hall–Kier alpha value is -2.80. The zero-order chi connectivity index (χ0) is 19.3. The van der Waals surface area contributed by atoms with Gasteiger partial charge < -0.3 is 10.0 Å². The van der Waals surface area contributed by atoms with Gasteiger partial charge in [0.2, 0.25) is 5.91 Å². The minimum atomic E-state index is 0.151. The third-order valence-corrected chi connectivity index (χ3v) is 5.72. The molecule has 3 aromatic rings. The summed E-state index contributed by atoms with van der Waals surface area (Å²) in [6.45, 7) is 1.70. The third-order valence-electron chi connectivity index (χ3n) is 4.81. The van der Waals surface area contributed by atoms with E-state index < -0.39 is 0 Å². The standard InChI is InChI=1S/C21H22N4O2S/c26-18-11-9-16(10-12-18)20-22-23-21(25(20)17-7-3-1-4-8-17)28-15-19(27)24-13-5-2-6-14-24/h1,3-4,7-12,26H,2,5-6,13-15H2. The summed E-state index contributed by atoms with van der Waals surface area (Å²) in [5.74, 6) is 1.38. The Morgan fingerprint density at radius 1 is 0.964 bits per heavy atom. The summed E-state index contributed by atoms with van der Waals surface area (Å²) in [6.07, 6.45) is 3.37. The van der Waals surface area contributed by atoms with Crippen molar-refractivity contribution in [2.75, 3.05) is 18.8 Å². The molecule has 4 rings (SSSR count). The molecule has 0 atom stereocenters. The van der Waals surface area contributed by atoms with Crippen LogP contribution in [0.1, 0.15) is 19.3 Å². The Labute approximate surface area is 168 Å². The molecule has 1 N–H and O–H groups in total. The Balaban J connectivity index is 1.62. The van der Waals surface area contributed by atoms with Crippen molar-refractivity contribution >= 4 is 17.7 Å². The highest BCUT2D eigenvalue weighted by Gasteiger charge is 2.20. The number of hydrogen-bond acceptors (Lipinski definition) is 5. The number of benzene rings is 2. The molecule has 1 aliphatic rings. The molecule has 0 unspecified atom stereocenters. The molecule has 1 saturated heterocycles. The summed E-state index contributed by atoms with van der Waals surface area (Å²) < 4.78 is 1.96. The SMILES string of the molecule is O=C(CSc1nnc(-c2ccc(O)cc2)n1-c1ccccc1)N1CCCCC1. The van der Waals surface area contributed by atoms with Gasteiger partial charge in [-0.05, 0) is 55.7 Å². The van der Waals surface area contributed by atoms with Gasteiger partial charge in [0.05, 0.1) is 5.75 Å². The monoisotopic (exact) mass is 394 g/mol. The van der Waals surface area contributed by atoms with Crippen LogP contribution in [-0.4, -0.2) is 49.5 Å². The third kappa shape index (κ3) is 4.04. The van der Waals surface area contributed by atoms with Crippen molar-refractivity contribution < 1.29 is 9.90 Å². The van der Waals surface area contributed by atoms with Gasteiger partial charge in [-0.15, -0.1) is 10.2 Å². The molecular formula is C21H22N4O2S. The lowest BCUT2D eigenvalue weighted by atomic mass is 10.1. The molecule has 2 aromatic carbocycles. The summed E-state index contributed by atoms with van der Waals surface area (Å²) in [5, 5.41) is 19.0. The first kappa shape index (κ1) is 18.6. The van der Waals surface area contributed by atoms with Gasteiger partial charge >= 0.3 is 0 Å². The van der Waals surface area contributed by atoms with Crippen LogP contribution in [0.3, 0.4) is 0 Å². The molecular weight excluding hydrogens is 372 g/mol. The van der Waals surface area contributed by atoms with E-state index in [4.69, 9.17) is 0 Å². The predicted octanol–water partition coefficient (Wildman–Crippen LogP) is 3.74. The second kappa shape index (κ2) is 8.48. The van der Waals surface area contributed by atoms with E-state index in [1.54, 1.807) is 12.1 Å². The fraction of sp³-hybridized carbons (Fsp3) is 0.286. The van der Waals surface area contributed by atoms with Crippen LogP contribution >= 0.6 is 11.8 Å². The lowest BCUT2D eigenvalue weighted by molar-refractivity contribution is -0.129. The molecule has 28 heavy (non-hydrogen) atoms. The zero-order valence-corrected chi connectivity index (χ0v) is 16.3. The number of aromatic hydroxyl groups is 1. The van der Waals surface area contributed by atoms with E-state index in [-0.39, 0.29) is 11.7 Å². The van der Waals surface area contributed by atoms with Gasteiger partial charge in [0.15, 0.2) is 11.0 Å². The first-order valence-electron chi connectivity index (χ1n) is 9.43. The van der Waals surface area contributed by atoms with E-state index in [1.165, 1.54) is 18.2 Å². The molecule has 144 valence electrons. The van der Waals surface area contributed by atoms with Crippen molar-refractivity contribution in [3.63, 3.8) is 0 Å². The number of likely N-dealkylation sites (tertiary alicyclic amines) is 1. The van der Waals surface area contributed by atoms with Crippen LogP contribution < -0.4 is 0 Å². The molecule has 0 aliphatic carbocycles. The Kier molecular flexibility index (Phi) is 5.62. The van der Waals surface area contributed by atoms with E-state index in [0.717, 1.165) is 37.2 Å². The van der Waals surface area contributed by atoms with Gasteiger partial charge in [0.1, 0.15) is 5.75 Å². The quantitative estimate of drug-likeness (QED) is 0.668. The fourth-order valence-electron chi connectivity index (χ4n) is 3.33. The van der Waals surface area contributed by atoms with Crippen molar-refractivity contribution in [1.29, 1.82) is 0 Å². The Bertz CT molecular complexity index is 935. The van der Waals surface area contributed by atoms with Crippen LogP contribution in [-0.2, 0) is 4.79 Å². The number of phenols is 1. The average molecular weight is 395 g/mol. The number of nitrogens with zero attached hydrogens (tertiary/aromatic N) is 4. The first-order chi connectivity index (χ1) is 13.7. The maximum Gasteiger partial charge on any atom is 0.233 e. The number of amides is 1. The number of aromatic nitrogens is 3. The number of piperidine rings is 1. The van der Waals surface area contributed by atoms with Crippen molar-refractivity contribution in [3.8, 4) is 22.8 Å². The number of hydrogen-bond donors (Lipinski definition) is 1. The van der Waals surface area contributed by atoms with Crippen LogP contribution in [0, 0.1) is 0 Å². The molecule has 2 heterocycles. The van der Waals surface area contributed by atoms with Crippen LogP contribution in [0.15, 0.2) is 59.8 Å². The number of para-hydroxylation sites is 1. The van der Waals surface area contributed by atoms with Crippen molar-refractivity contribution in [3.05, 3.63) is 54.6 Å². The smallest absolute Gasteiger partial charge is 0.233 e. The van der Waals surface area contributed by atoms with E-state index in [0.29, 0.717) is 16.7 Å². The molecule has 0 radical (unpaired) electrons. The summed E-state index contributed by atoms with van der Waals surface area (Å²) in [4.78, 5) is 14.5. The lowest BCUT2D eigenvalue weighted by Gasteiger charge is -2.26. The van der Waals surface area contributed by atoms with Crippen LogP contribution in [0.5, 0.6) is 5.75 Å². The van der Waals surface area contributed by atoms with E-state index in [1.807, 2.05) is 51.9 Å². The average Bonchev–Trinajstić information content (AvgIpc) is 3.17. The van der Waals surface area contributed by atoms with Gasteiger partial charge in [0, 0.05) is 24.3 Å². The minimum absolute atomic E-state index is 0.151.